The molecule has 0 atom stereocenters. The van der Waals surface area contributed by atoms with Gasteiger partial charge in [0, 0.05) is 7.05 Å². The van der Waals surface area contributed by atoms with Gasteiger partial charge in [0.05, 0.1) is 7.11 Å². The molecule has 1 saturated heterocycles. The third-order valence-electron chi connectivity index (χ3n) is 4.35. The quantitative estimate of drug-likeness (QED) is 0.412. The van der Waals surface area contributed by atoms with Gasteiger partial charge in [-0.05, 0) is 53.7 Å². The lowest BCUT2D eigenvalue weighted by atomic mass is 10.1. The van der Waals surface area contributed by atoms with Crippen LogP contribution >= 0.6 is 12.2 Å². The Bertz CT molecular complexity index is 958. The van der Waals surface area contributed by atoms with Crippen molar-refractivity contribution < 1.29 is 23.5 Å². The van der Waals surface area contributed by atoms with Crippen LogP contribution < -0.4 is 4.74 Å². The summed E-state index contributed by atoms with van der Waals surface area (Å²) in [5.74, 6) is -0.450. The first-order valence-electron chi connectivity index (χ1n) is 8.74. The molecular formula is C21H19FN2O4S. The lowest BCUT2D eigenvalue weighted by Crippen LogP contribution is -2.33. The number of halogens is 1. The van der Waals surface area contributed by atoms with Crippen molar-refractivity contribution in [3.63, 3.8) is 0 Å². The Morgan fingerprint density at radius 2 is 1.79 bits per heavy atom. The molecule has 0 aromatic heterocycles. The molecule has 0 aliphatic carbocycles. The van der Waals surface area contributed by atoms with Gasteiger partial charge in [0.15, 0.2) is 5.11 Å². The number of carbonyl (C=O) groups excluding carboxylic acids is 2. The van der Waals surface area contributed by atoms with E-state index in [1.165, 1.54) is 29.0 Å². The minimum atomic E-state index is -0.495. The Morgan fingerprint density at radius 3 is 2.41 bits per heavy atom. The fourth-order valence-corrected chi connectivity index (χ4v) is 2.96. The van der Waals surface area contributed by atoms with E-state index < -0.39 is 5.97 Å². The Labute approximate surface area is 173 Å². The maximum atomic E-state index is 12.9. The van der Waals surface area contributed by atoms with Gasteiger partial charge in [0.1, 0.15) is 30.4 Å². The second-order valence-electron chi connectivity index (χ2n) is 6.32. The molecule has 1 aliphatic heterocycles. The van der Waals surface area contributed by atoms with Crippen LogP contribution in [0.3, 0.4) is 0 Å². The highest BCUT2D eigenvalue weighted by Crippen LogP contribution is 2.23. The molecule has 0 radical (unpaired) electrons. The summed E-state index contributed by atoms with van der Waals surface area (Å²) in [6.45, 7) is 0.168. The fourth-order valence-electron chi connectivity index (χ4n) is 2.71. The zero-order valence-corrected chi connectivity index (χ0v) is 16.7. The van der Waals surface area contributed by atoms with Gasteiger partial charge in [-0.1, -0.05) is 24.3 Å². The van der Waals surface area contributed by atoms with Crippen LogP contribution in [-0.2, 0) is 20.9 Å². The first-order chi connectivity index (χ1) is 13.9. The minimum Gasteiger partial charge on any atom is -0.489 e. The van der Waals surface area contributed by atoms with Crippen molar-refractivity contribution in [1.29, 1.82) is 0 Å². The highest BCUT2D eigenvalue weighted by molar-refractivity contribution is 7.80. The summed E-state index contributed by atoms with van der Waals surface area (Å²) in [5.41, 5.74) is 1.89. The SMILES string of the molecule is COC(=O)CN1C(=S)N(C)C(=O)/C1=C/c1ccc(OCc2ccc(F)cc2)cc1. The number of nitrogens with zero attached hydrogens (tertiary/aromatic N) is 2. The number of amides is 1. The average Bonchev–Trinajstić information content (AvgIpc) is 2.92. The second-order valence-corrected chi connectivity index (χ2v) is 6.69. The van der Waals surface area contributed by atoms with Gasteiger partial charge < -0.3 is 14.4 Å². The molecule has 1 heterocycles. The van der Waals surface area contributed by atoms with E-state index in [1.807, 2.05) is 0 Å². The van der Waals surface area contributed by atoms with Crippen molar-refractivity contribution in [3.8, 4) is 5.75 Å². The number of hydrogen-bond donors (Lipinski definition) is 0. The van der Waals surface area contributed by atoms with Crippen LogP contribution in [-0.4, -0.2) is 47.5 Å². The smallest absolute Gasteiger partial charge is 0.325 e. The average molecular weight is 414 g/mol. The van der Waals surface area contributed by atoms with Gasteiger partial charge in [-0.15, -0.1) is 0 Å². The molecule has 150 valence electrons. The van der Waals surface area contributed by atoms with Crippen molar-refractivity contribution in [2.75, 3.05) is 20.7 Å². The number of rotatable bonds is 6. The van der Waals surface area contributed by atoms with Crippen molar-refractivity contribution in [1.82, 2.24) is 9.80 Å². The normalized spacial score (nSPS) is 15.2. The standard InChI is InChI=1S/C21H19FN2O4S/c1-23-20(26)18(24(21(23)29)12-19(25)27-2)11-14-5-9-17(10-6-14)28-13-15-3-7-16(22)8-4-15/h3-11H,12-13H2,1-2H3/b18-11-. The topological polar surface area (TPSA) is 59.1 Å². The van der Waals surface area contributed by atoms with Gasteiger partial charge in [-0.25, -0.2) is 4.39 Å². The molecule has 2 aromatic carbocycles. The summed E-state index contributed by atoms with van der Waals surface area (Å²) < 4.78 is 23.3. The lowest BCUT2D eigenvalue weighted by molar-refractivity contribution is -0.140. The third-order valence-corrected chi connectivity index (χ3v) is 4.84. The molecule has 0 N–H and O–H groups in total. The molecule has 0 saturated carbocycles. The van der Waals surface area contributed by atoms with E-state index in [-0.39, 0.29) is 23.4 Å². The van der Waals surface area contributed by atoms with Crippen LogP contribution in [0.25, 0.3) is 6.08 Å². The zero-order valence-electron chi connectivity index (χ0n) is 15.9. The number of benzene rings is 2. The van der Waals surface area contributed by atoms with Crippen molar-refractivity contribution in [2.45, 2.75) is 6.61 Å². The summed E-state index contributed by atoms with van der Waals surface area (Å²) in [4.78, 5) is 26.9. The van der Waals surface area contributed by atoms with Gasteiger partial charge in [0.2, 0.25) is 0 Å². The molecular weight excluding hydrogens is 395 g/mol. The van der Waals surface area contributed by atoms with Crippen molar-refractivity contribution in [2.24, 2.45) is 0 Å². The fraction of sp³-hybridized carbons (Fsp3) is 0.190. The van der Waals surface area contributed by atoms with E-state index in [0.717, 1.165) is 11.1 Å². The molecule has 29 heavy (non-hydrogen) atoms. The molecule has 1 aliphatic rings. The van der Waals surface area contributed by atoms with Crippen LogP contribution in [0.4, 0.5) is 4.39 Å². The number of hydrogen-bond acceptors (Lipinski definition) is 5. The van der Waals surface area contributed by atoms with Crippen LogP contribution in [0, 0.1) is 5.82 Å². The highest BCUT2D eigenvalue weighted by Gasteiger charge is 2.36. The van der Waals surface area contributed by atoms with Gasteiger partial charge in [-0.3, -0.25) is 14.5 Å². The Hall–Kier alpha value is -3.26. The summed E-state index contributed by atoms with van der Waals surface area (Å²) >= 11 is 5.25. The predicted octanol–water partition coefficient (Wildman–Crippen LogP) is 2.98. The molecule has 8 heteroatoms. The minimum absolute atomic E-state index is 0.143. The number of esters is 1. The van der Waals surface area contributed by atoms with Crippen LogP contribution in [0.2, 0.25) is 0 Å². The third kappa shape index (κ3) is 4.78. The van der Waals surface area contributed by atoms with E-state index in [9.17, 15) is 14.0 Å². The lowest BCUT2D eigenvalue weighted by Gasteiger charge is -2.16. The van der Waals surface area contributed by atoms with Crippen LogP contribution in [0.5, 0.6) is 5.75 Å². The van der Waals surface area contributed by atoms with E-state index in [0.29, 0.717) is 18.1 Å². The number of likely N-dealkylation sites (N-methyl/N-ethyl adjacent to an activating group) is 1. The first-order valence-corrected chi connectivity index (χ1v) is 9.15. The molecule has 2 aromatic rings. The van der Waals surface area contributed by atoms with Crippen molar-refractivity contribution in [3.05, 3.63) is 71.2 Å². The molecule has 1 fully saturated rings. The molecule has 0 bridgehead atoms. The molecule has 6 nitrogen and oxygen atoms in total. The molecule has 1 amide bonds. The first kappa shape index (κ1) is 20.5. The van der Waals surface area contributed by atoms with Gasteiger partial charge >= 0.3 is 5.97 Å². The largest absolute Gasteiger partial charge is 0.489 e. The Kier molecular flexibility index (Phi) is 6.23. The van der Waals surface area contributed by atoms with Crippen LogP contribution in [0.1, 0.15) is 11.1 Å². The van der Waals surface area contributed by atoms with E-state index >= 15 is 0 Å². The second kappa shape index (κ2) is 8.83. The van der Waals surface area contributed by atoms with Crippen LogP contribution in [0.15, 0.2) is 54.2 Å². The Morgan fingerprint density at radius 1 is 1.14 bits per heavy atom. The summed E-state index contributed by atoms with van der Waals surface area (Å²) in [7, 11) is 2.84. The number of ether oxygens (including phenoxy) is 2. The predicted molar refractivity (Wildman–Crippen MR) is 109 cm³/mol. The Balaban J connectivity index is 1.73. The van der Waals surface area contributed by atoms with Crippen molar-refractivity contribution >= 4 is 35.3 Å². The number of carbonyl (C=O) groups is 2. The maximum absolute atomic E-state index is 12.9. The summed E-state index contributed by atoms with van der Waals surface area (Å²) in [6.07, 6.45) is 1.66. The maximum Gasteiger partial charge on any atom is 0.325 e. The highest BCUT2D eigenvalue weighted by atomic mass is 32.1. The van der Waals surface area contributed by atoms with Gasteiger partial charge in [0.25, 0.3) is 5.91 Å². The molecule has 3 rings (SSSR count). The monoisotopic (exact) mass is 414 g/mol. The molecule has 0 spiro atoms. The van der Waals surface area contributed by atoms with E-state index in [2.05, 4.69) is 4.74 Å². The van der Waals surface area contributed by atoms with Gasteiger partial charge in [-0.2, -0.15) is 0 Å². The van der Waals surface area contributed by atoms with E-state index in [4.69, 9.17) is 17.0 Å². The molecule has 0 unspecified atom stereocenters. The zero-order chi connectivity index (χ0) is 21.0. The summed E-state index contributed by atoms with van der Waals surface area (Å²) in [6, 6.07) is 13.2. The summed E-state index contributed by atoms with van der Waals surface area (Å²) in [5, 5.41) is 0.242. The number of thiocarbonyl (C=S) groups is 1. The van der Waals surface area contributed by atoms with E-state index in [1.54, 1.807) is 49.5 Å². The number of methoxy groups -OCH3 is 1.